The normalized spacial score (nSPS) is 15.2. The predicted molar refractivity (Wildman–Crippen MR) is 58.6 cm³/mol. The second-order valence-electron chi connectivity index (χ2n) is 3.75. The molecule has 0 heterocycles. The molecule has 14 heavy (non-hydrogen) atoms. The van der Waals surface area contributed by atoms with Crippen LogP contribution in [-0.2, 0) is 0 Å². The molecule has 0 bridgehead atoms. The van der Waals surface area contributed by atoms with Crippen molar-refractivity contribution in [2.24, 2.45) is 5.92 Å². The molecule has 0 saturated heterocycles. The van der Waals surface area contributed by atoms with E-state index in [4.69, 9.17) is 10.5 Å². The summed E-state index contributed by atoms with van der Waals surface area (Å²) in [6, 6.07) is 5.81. The number of anilines is 2. The number of nitrogen functional groups attached to an aromatic ring is 1. The fraction of sp³-hybridized carbons (Fsp3) is 0.455. The third kappa shape index (κ3) is 1.92. The number of methoxy groups -OCH3 is 1. The Morgan fingerprint density at radius 3 is 2.93 bits per heavy atom. The fourth-order valence-electron chi connectivity index (χ4n) is 1.45. The monoisotopic (exact) mass is 192 g/mol. The van der Waals surface area contributed by atoms with Crippen LogP contribution in [-0.4, -0.2) is 13.7 Å². The molecule has 0 aliphatic heterocycles. The number of ether oxygens (including phenoxy) is 1. The Morgan fingerprint density at radius 1 is 1.50 bits per heavy atom. The van der Waals surface area contributed by atoms with Crippen LogP contribution in [0.5, 0.6) is 5.75 Å². The summed E-state index contributed by atoms with van der Waals surface area (Å²) in [5.74, 6) is 1.59. The van der Waals surface area contributed by atoms with E-state index in [9.17, 15) is 0 Å². The molecule has 0 spiro atoms. The van der Waals surface area contributed by atoms with Crippen molar-refractivity contribution in [2.45, 2.75) is 12.8 Å². The minimum Gasteiger partial charge on any atom is -0.495 e. The lowest BCUT2D eigenvalue weighted by atomic mass is 10.2. The maximum atomic E-state index is 5.91. The minimum absolute atomic E-state index is 0.704. The average molecular weight is 192 g/mol. The number of rotatable bonds is 4. The van der Waals surface area contributed by atoms with Crippen LogP contribution in [0.4, 0.5) is 11.4 Å². The molecule has 1 aromatic carbocycles. The molecule has 1 aliphatic rings. The Bertz CT molecular complexity index is 321. The molecule has 0 amide bonds. The van der Waals surface area contributed by atoms with E-state index in [1.807, 2.05) is 18.2 Å². The molecule has 76 valence electrons. The molecule has 3 heteroatoms. The largest absolute Gasteiger partial charge is 0.495 e. The summed E-state index contributed by atoms with van der Waals surface area (Å²) in [5, 5.41) is 3.34. The fourth-order valence-corrected chi connectivity index (χ4v) is 1.45. The van der Waals surface area contributed by atoms with Crippen molar-refractivity contribution in [1.82, 2.24) is 0 Å². The molecule has 3 nitrogen and oxygen atoms in total. The van der Waals surface area contributed by atoms with Gasteiger partial charge >= 0.3 is 0 Å². The van der Waals surface area contributed by atoms with Gasteiger partial charge in [-0.3, -0.25) is 0 Å². The summed E-state index contributed by atoms with van der Waals surface area (Å²) in [7, 11) is 1.64. The lowest BCUT2D eigenvalue weighted by Gasteiger charge is -2.11. The van der Waals surface area contributed by atoms with E-state index in [1.165, 1.54) is 12.8 Å². The second-order valence-corrected chi connectivity index (χ2v) is 3.75. The average Bonchev–Trinajstić information content (AvgIpc) is 3.00. The zero-order valence-electron chi connectivity index (χ0n) is 8.42. The molecule has 0 atom stereocenters. The molecule has 2 rings (SSSR count). The van der Waals surface area contributed by atoms with Gasteiger partial charge in [0.2, 0.25) is 0 Å². The van der Waals surface area contributed by atoms with Gasteiger partial charge in [0.05, 0.1) is 18.5 Å². The van der Waals surface area contributed by atoms with E-state index in [1.54, 1.807) is 7.11 Å². The molecule has 1 fully saturated rings. The first-order valence-electron chi connectivity index (χ1n) is 4.97. The summed E-state index contributed by atoms with van der Waals surface area (Å²) in [5.41, 5.74) is 7.60. The molecule has 1 saturated carbocycles. The molecular weight excluding hydrogens is 176 g/mol. The first kappa shape index (κ1) is 9.19. The van der Waals surface area contributed by atoms with Crippen LogP contribution in [0.3, 0.4) is 0 Å². The number of para-hydroxylation sites is 1. The van der Waals surface area contributed by atoms with Gasteiger partial charge in [-0.05, 0) is 30.9 Å². The zero-order valence-corrected chi connectivity index (χ0v) is 8.42. The summed E-state index contributed by atoms with van der Waals surface area (Å²) in [4.78, 5) is 0. The van der Waals surface area contributed by atoms with Crippen LogP contribution >= 0.6 is 0 Å². The summed E-state index contributed by atoms with van der Waals surface area (Å²) < 4.78 is 5.14. The highest BCUT2D eigenvalue weighted by molar-refractivity contribution is 5.72. The van der Waals surface area contributed by atoms with Gasteiger partial charge in [0, 0.05) is 6.54 Å². The highest BCUT2D eigenvalue weighted by Gasteiger charge is 2.20. The van der Waals surface area contributed by atoms with Crippen molar-refractivity contribution in [3.63, 3.8) is 0 Å². The van der Waals surface area contributed by atoms with Gasteiger partial charge in [0.15, 0.2) is 0 Å². The van der Waals surface area contributed by atoms with Crippen molar-refractivity contribution in [2.75, 3.05) is 24.7 Å². The van der Waals surface area contributed by atoms with Crippen molar-refractivity contribution in [1.29, 1.82) is 0 Å². The second kappa shape index (κ2) is 3.78. The Hall–Kier alpha value is -1.38. The standard InChI is InChI=1S/C11H16N2O/c1-14-10-4-2-3-9(11(10)12)13-7-8-5-6-8/h2-4,8,13H,5-7,12H2,1H3. The Balaban J connectivity index is 2.06. The lowest BCUT2D eigenvalue weighted by Crippen LogP contribution is -2.06. The Kier molecular flexibility index (Phi) is 2.48. The van der Waals surface area contributed by atoms with Gasteiger partial charge in [0.25, 0.3) is 0 Å². The van der Waals surface area contributed by atoms with E-state index < -0.39 is 0 Å². The number of hydrogen-bond acceptors (Lipinski definition) is 3. The lowest BCUT2D eigenvalue weighted by molar-refractivity contribution is 0.417. The van der Waals surface area contributed by atoms with Crippen molar-refractivity contribution in [3.8, 4) is 5.75 Å². The molecule has 1 aliphatic carbocycles. The van der Waals surface area contributed by atoms with Gasteiger partial charge in [-0.1, -0.05) is 6.07 Å². The quantitative estimate of drug-likeness (QED) is 0.718. The van der Waals surface area contributed by atoms with Crippen LogP contribution in [0.2, 0.25) is 0 Å². The number of benzene rings is 1. The van der Waals surface area contributed by atoms with E-state index in [0.29, 0.717) is 5.69 Å². The summed E-state index contributed by atoms with van der Waals surface area (Å²) in [6.07, 6.45) is 2.69. The van der Waals surface area contributed by atoms with Crippen LogP contribution in [0, 0.1) is 5.92 Å². The first-order chi connectivity index (χ1) is 6.81. The van der Waals surface area contributed by atoms with Crippen molar-refractivity contribution in [3.05, 3.63) is 18.2 Å². The van der Waals surface area contributed by atoms with E-state index in [2.05, 4.69) is 5.32 Å². The molecular formula is C11H16N2O. The van der Waals surface area contributed by atoms with Crippen LogP contribution < -0.4 is 15.8 Å². The highest BCUT2D eigenvalue weighted by Crippen LogP contribution is 2.32. The molecule has 3 N–H and O–H groups in total. The molecule has 0 aromatic heterocycles. The SMILES string of the molecule is COc1cccc(NCC2CC2)c1N. The third-order valence-electron chi connectivity index (χ3n) is 2.56. The Morgan fingerprint density at radius 2 is 2.29 bits per heavy atom. The van der Waals surface area contributed by atoms with Crippen LogP contribution in [0.25, 0.3) is 0 Å². The molecule has 1 aromatic rings. The van der Waals surface area contributed by atoms with Gasteiger partial charge in [-0.25, -0.2) is 0 Å². The van der Waals surface area contributed by atoms with Gasteiger partial charge < -0.3 is 15.8 Å². The first-order valence-corrected chi connectivity index (χ1v) is 4.97. The predicted octanol–water partition coefficient (Wildman–Crippen LogP) is 2.10. The molecule has 0 unspecified atom stereocenters. The van der Waals surface area contributed by atoms with E-state index in [-0.39, 0.29) is 0 Å². The summed E-state index contributed by atoms with van der Waals surface area (Å²) in [6.45, 7) is 1.03. The van der Waals surface area contributed by atoms with E-state index in [0.717, 1.165) is 23.9 Å². The minimum atomic E-state index is 0.704. The number of nitrogens with one attached hydrogen (secondary N) is 1. The maximum Gasteiger partial charge on any atom is 0.143 e. The van der Waals surface area contributed by atoms with Crippen LogP contribution in [0.15, 0.2) is 18.2 Å². The topological polar surface area (TPSA) is 47.3 Å². The van der Waals surface area contributed by atoms with Gasteiger partial charge in [-0.2, -0.15) is 0 Å². The number of hydrogen-bond donors (Lipinski definition) is 2. The van der Waals surface area contributed by atoms with Crippen molar-refractivity contribution < 1.29 is 4.74 Å². The van der Waals surface area contributed by atoms with Crippen molar-refractivity contribution >= 4 is 11.4 Å². The smallest absolute Gasteiger partial charge is 0.143 e. The zero-order chi connectivity index (χ0) is 9.97. The number of nitrogens with two attached hydrogens (primary N) is 1. The van der Waals surface area contributed by atoms with Gasteiger partial charge in [0.1, 0.15) is 5.75 Å². The van der Waals surface area contributed by atoms with Crippen LogP contribution in [0.1, 0.15) is 12.8 Å². The highest BCUT2D eigenvalue weighted by atomic mass is 16.5. The maximum absolute atomic E-state index is 5.91. The van der Waals surface area contributed by atoms with E-state index >= 15 is 0 Å². The third-order valence-corrected chi connectivity index (χ3v) is 2.56. The van der Waals surface area contributed by atoms with Gasteiger partial charge in [-0.15, -0.1) is 0 Å². The Labute approximate surface area is 84.3 Å². The summed E-state index contributed by atoms with van der Waals surface area (Å²) >= 11 is 0. The molecule has 0 radical (unpaired) electrons.